The van der Waals surface area contributed by atoms with Gasteiger partial charge in [0.15, 0.2) is 0 Å². The van der Waals surface area contributed by atoms with E-state index in [9.17, 15) is 0 Å². The van der Waals surface area contributed by atoms with Crippen molar-refractivity contribution in [1.29, 1.82) is 0 Å². The maximum atomic E-state index is 6.28. The lowest BCUT2D eigenvalue weighted by atomic mass is 10.3. The minimum Gasteiger partial charge on any atom is -0.441 e. The summed E-state index contributed by atoms with van der Waals surface area (Å²) in [5.74, 6) is 0. The van der Waals surface area contributed by atoms with Crippen LogP contribution >= 0.6 is 0 Å². The molecule has 128 valence electrons. The standard InChI is InChI=1S/C16H40N2OSi2/c1-5-9-13-17(14-10-6-2)20-19-21-18(15-11-7-3)16-12-8-4/h5-16,20-21H2,1-4H3. The lowest BCUT2D eigenvalue weighted by Gasteiger charge is -2.25. The maximum absolute atomic E-state index is 6.28. The molecule has 0 aromatic rings. The van der Waals surface area contributed by atoms with Crippen molar-refractivity contribution in [1.82, 2.24) is 9.13 Å². The number of hydrogen-bond acceptors (Lipinski definition) is 3. The van der Waals surface area contributed by atoms with Gasteiger partial charge in [-0.1, -0.05) is 53.4 Å². The van der Waals surface area contributed by atoms with Gasteiger partial charge in [0.1, 0.15) is 0 Å². The molecule has 0 unspecified atom stereocenters. The summed E-state index contributed by atoms with van der Waals surface area (Å²) in [7, 11) is -0.903. The zero-order valence-corrected chi connectivity index (χ0v) is 18.0. The summed E-state index contributed by atoms with van der Waals surface area (Å²) >= 11 is 0. The predicted octanol–water partition coefficient (Wildman–Crippen LogP) is 2.81. The molecule has 0 rings (SSSR count). The summed E-state index contributed by atoms with van der Waals surface area (Å²) in [6.45, 7) is 14.2. The molecule has 0 aromatic carbocycles. The number of unbranched alkanes of at least 4 members (excludes halogenated alkanes) is 4. The molecular formula is C16H40N2OSi2. The van der Waals surface area contributed by atoms with E-state index >= 15 is 0 Å². The first kappa shape index (κ1) is 21.3. The van der Waals surface area contributed by atoms with Gasteiger partial charge in [0.25, 0.3) is 0 Å². The SMILES string of the molecule is CCCCN(CCCC)[SiH2]O[SiH2]N(CCCC)CCCC. The highest BCUT2D eigenvalue weighted by molar-refractivity contribution is 6.39. The van der Waals surface area contributed by atoms with E-state index in [4.69, 9.17) is 4.12 Å². The molecule has 21 heavy (non-hydrogen) atoms. The van der Waals surface area contributed by atoms with Gasteiger partial charge in [0.2, 0.25) is 19.8 Å². The lowest BCUT2D eigenvalue weighted by Crippen LogP contribution is -2.38. The quantitative estimate of drug-likeness (QED) is 0.404. The highest BCUT2D eigenvalue weighted by Gasteiger charge is 2.08. The first-order valence-corrected chi connectivity index (χ1v) is 11.7. The van der Waals surface area contributed by atoms with E-state index < -0.39 is 19.8 Å². The van der Waals surface area contributed by atoms with Gasteiger partial charge < -0.3 is 13.2 Å². The smallest absolute Gasteiger partial charge is 0.227 e. The van der Waals surface area contributed by atoms with Gasteiger partial charge in [0, 0.05) is 0 Å². The van der Waals surface area contributed by atoms with Gasteiger partial charge in [-0.05, 0) is 51.9 Å². The van der Waals surface area contributed by atoms with Crippen LogP contribution in [0.3, 0.4) is 0 Å². The molecule has 0 fully saturated rings. The van der Waals surface area contributed by atoms with Crippen LogP contribution in [0.1, 0.15) is 79.1 Å². The zero-order chi connectivity index (χ0) is 15.8. The minimum absolute atomic E-state index is 0.451. The first-order chi connectivity index (χ1) is 10.3. The molecule has 0 saturated carbocycles. The second-order valence-electron chi connectivity index (χ2n) is 6.11. The molecule has 0 amide bonds. The first-order valence-electron chi connectivity index (χ1n) is 9.30. The molecule has 0 aromatic heterocycles. The minimum atomic E-state index is -0.451. The van der Waals surface area contributed by atoms with E-state index in [2.05, 4.69) is 36.8 Å². The summed E-state index contributed by atoms with van der Waals surface area (Å²) in [5, 5.41) is 0. The molecule has 0 saturated heterocycles. The summed E-state index contributed by atoms with van der Waals surface area (Å²) in [6, 6.07) is 0. The van der Waals surface area contributed by atoms with Gasteiger partial charge in [-0.25, -0.2) is 0 Å². The van der Waals surface area contributed by atoms with Crippen molar-refractivity contribution >= 4 is 19.8 Å². The van der Waals surface area contributed by atoms with Gasteiger partial charge in [0.05, 0.1) is 0 Å². The van der Waals surface area contributed by atoms with E-state index in [0.29, 0.717) is 0 Å². The summed E-state index contributed by atoms with van der Waals surface area (Å²) in [6.07, 6.45) is 10.5. The van der Waals surface area contributed by atoms with E-state index in [1.165, 1.54) is 77.5 Å². The molecule has 0 aliphatic carbocycles. The summed E-state index contributed by atoms with van der Waals surface area (Å²) in [4.78, 5) is 0. The Morgan fingerprint density at radius 1 is 0.571 bits per heavy atom. The third kappa shape index (κ3) is 13.7. The number of nitrogens with zero attached hydrogens (tertiary/aromatic N) is 2. The predicted molar refractivity (Wildman–Crippen MR) is 101 cm³/mol. The van der Waals surface area contributed by atoms with Crippen LogP contribution in [0.25, 0.3) is 0 Å². The fraction of sp³-hybridized carbons (Fsp3) is 1.00. The topological polar surface area (TPSA) is 15.7 Å². The van der Waals surface area contributed by atoms with Crippen LogP contribution in [-0.2, 0) is 4.12 Å². The molecule has 0 spiro atoms. The monoisotopic (exact) mass is 332 g/mol. The Morgan fingerprint density at radius 2 is 0.857 bits per heavy atom. The van der Waals surface area contributed by atoms with Crippen LogP contribution in [-0.4, -0.2) is 55.2 Å². The number of rotatable bonds is 16. The highest BCUT2D eigenvalue weighted by atomic mass is 28.3. The molecule has 5 heteroatoms. The van der Waals surface area contributed by atoms with Gasteiger partial charge in [-0.2, -0.15) is 0 Å². The van der Waals surface area contributed by atoms with E-state index in [1.807, 2.05) is 0 Å². The van der Waals surface area contributed by atoms with Gasteiger partial charge in [-0.3, -0.25) is 0 Å². The van der Waals surface area contributed by atoms with Crippen molar-refractivity contribution in [3.63, 3.8) is 0 Å². The van der Waals surface area contributed by atoms with E-state index in [1.54, 1.807) is 0 Å². The molecule has 0 heterocycles. The van der Waals surface area contributed by atoms with Crippen molar-refractivity contribution in [2.75, 3.05) is 26.2 Å². The normalized spacial score (nSPS) is 12.9. The number of hydrogen-bond donors (Lipinski definition) is 0. The van der Waals surface area contributed by atoms with Crippen LogP contribution in [0.5, 0.6) is 0 Å². The lowest BCUT2D eigenvalue weighted by molar-refractivity contribution is 0.344. The third-order valence-electron chi connectivity index (χ3n) is 3.86. The molecule has 0 bridgehead atoms. The van der Waals surface area contributed by atoms with Crippen molar-refractivity contribution in [2.24, 2.45) is 0 Å². The summed E-state index contributed by atoms with van der Waals surface area (Å²) in [5.41, 5.74) is 0. The summed E-state index contributed by atoms with van der Waals surface area (Å²) < 4.78 is 11.6. The Bertz CT molecular complexity index is 173. The maximum Gasteiger partial charge on any atom is 0.227 e. The fourth-order valence-electron chi connectivity index (χ4n) is 2.31. The molecule has 0 aliphatic heterocycles. The Kier molecular flexibility index (Phi) is 16.9. The second kappa shape index (κ2) is 16.7. The molecule has 3 nitrogen and oxygen atoms in total. The highest BCUT2D eigenvalue weighted by Crippen LogP contribution is 2.00. The Labute approximate surface area is 138 Å². The zero-order valence-electron chi connectivity index (χ0n) is 15.2. The van der Waals surface area contributed by atoms with Crippen LogP contribution in [0, 0.1) is 0 Å². The van der Waals surface area contributed by atoms with Crippen LogP contribution in [0.2, 0.25) is 0 Å². The molecule has 0 N–H and O–H groups in total. The largest absolute Gasteiger partial charge is 0.441 e. The molecule has 0 radical (unpaired) electrons. The van der Waals surface area contributed by atoms with Crippen molar-refractivity contribution in [3.05, 3.63) is 0 Å². The third-order valence-corrected chi connectivity index (χ3v) is 7.32. The van der Waals surface area contributed by atoms with E-state index in [-0.39, 0.29) is 0 Å². The van der Waals surface area contributed by atoms with E-state index in [0.717, 1.165) is 0 Å². The average Bonchev–Trinajstić information content (AvgIpc) is 2.51. The van der Waals surface area contributed by atoms with Crippen LogP contribution in [0.4, 0.5) is 0 Å². The second-order valence-corrected chi connectivity index (χ2v) is 10.1. The van der Waals surface area contributed by atoms with Crippen LogP contribution < -0.4 is 0 Å². The van der Waals surface area contributed by atoms with Crippen molar-refractivity contribution in [2.45, 2.75) is 79.1 Å². The van der Waals surface area contributed by atoms with Crippen LogP contribution in [0.15, 0.2) is 0 Å². The molecule has 0 aliphatic rings. The van der Waals surface area contributed by atoms with Crippen molar-refractivity contribution < 1.29 is 4.12 Å². The van der Waals surface area contributed by atoms with Crippen molar-refractivity contribution in [3.8, 4) is 0 Å². The fourth-order valence-corrected chi connectivity index (χ4v) is 6.11. The Balaban J connectivity index is 3.96. The van der Waals surface area contributed by atoms with Gasteiger partial charge >= 0.3 is 0 Å². The molecule has 0 atom stereocenters. The Morgan fingerprint density at radius 3 is 1.10 bits per heavy atom. The average molecular weight is 333 g/mol. The molecular weight excluding hydrogens is 292 g/mol. The Hall–Kier alpha value is 0.314. The van der Waals surface area contributed by atoms with Gasteiger partial charge in [-0.15, -0.1) is 0 Å².